The number of nitrogens with one attached hydrogen (secondary N) is 1. The van der Waals surface area contributed by atoms with Gasteiger partial charge in [0.15, 0.2) is 11.5 Å². The number of aromatic nitrogens is 4. The SMILES string of the molecule is COCCNC(=O)CCc1nnc2ccc(N3CCCC3)nn12. The second-order valence-corrected chi connectivity index (χ2v) is 5.61. The Morgan fingerprint density at radius 2 is 2.13 bits per heavy atom. The van der Waals surface area contributed by atoms with Gasteiger partial charge in [0.25, 0.3) is 0 Å². The van der Waals surface area contributed by atoms with Crippen LogP contribution >= 0.6 is 0 Å². The van der Waals surface area contributed by atoms with E-state index in [1.807, 2.05) is 12.1 Å². The molecule has 1 amide bonds. The zero-order chi connectivity index (χ0) is 16.1. The van der Waals surface area contributed by atoms with Crippen molar-refractivity contribution in [1.29, 1.82) is 0 Å². The van der Waals surface area contributed by atoms with Crippen LogP contribution in [0.25, 0.3) is 5.65 Å². The summed E-state index contributed by atoms with van der Waals surface area (Å²) in [5.74, 6) is 1.64. The fraction of sp³-hybridized carbons (Fsp3) is 0.600. The average molecular weight is 318 g/mol. The molecule has 0 aromatic carbocycles. The summed E-state index contributed by atoms with van der Waals surface area (Å²) >= 11 is 0. The molecule has 1 saturated heterocycles. The molecule has 23 heavy (non-hydrogen) atoms. The third-order valence-corrected chi connectivity index (χ3v) is 3.95. The lowest BCUT2D eigenvalue weighted by molar-refractivity contribution is -0.121. The molecule has 0 saturated carbocycles. The maximum atomic E-state index is 11.8. The van der Waals surface area contributed by atoms with Crippen molar-refractivity contribution in [2.75, 3.05) is 38.3 Å². The van der Waals surface area contributed by atoms with E-state index in [-0.39, 0.29) is 5.91 Å². The Kier molecular flexibility index (Phi) is 5.02. The van der Waals surface area contributed by atoms with Gasteiger partial charge in [0.2, 0.25) is 5.91 Å². The number of amides is 1. The quantitative estimate of drug-likeness (QED) is 0.745. The topological polar surface area (TPSA) is 84.6 Å². The normalized spacial score (nSPS) is 14.6. The summed E-state index contributed by atoms with van der Waals surface area (Å²) in [6.07, 6.45) is 3.28. The number of nitrogens with zero attached hydrogens (tertiary/aromatic N) is 5. The molecular formula is C15H22N6O2. The molecule has 1 fully saturated rings. The van der Waals surface area contributed by atoms with Gasteiger partial charge in [-0.3, -0.25) is 4.79 Å². The first kappa shape index (κ1) is 15.7. The predicted octanol–water partition coefficient (Wildman–Crippen LogP) is 0.420. The molecule has 2 aromatic heterocycles. The van der Waals surface area contributed by atoms with Crippen molar-refractivity contribution in [3.05, 3.63) is 18.0 Å². The lowest BCUT2D eigenvalue weighted by Gasteiger charge is -2.15. The summed E-state index contributed by atoms with van der Waals surface area (Å²) in [6.45, 7) is 3.11. The highest BCUT2D eigenvalue weighted by Crippen LogP contribution is 2.18. The highest BCUT2D eigenvalue weighted by Gasteiger charge is 2.16. The Morgan fingerprint density at radius 1 is 1.30 bits per heavy atom. The molecule has 2 aromatic rings. The highest BCUT2D eigenvalue weighted by atomic mass is 16.5. The second kappa shape index (κ2) is 7.36. The largest absolute Gasteiger partial charge is 0.383 e. The summed E-state index contributed by atoms with van der Waals surface area (Å²) in [5.41, 5.74) is 0.711. The summed E-state index contributed by atoms with van der Waals surface area (Å²) in [5, 5.41) is 15.7. The van der Waals surface area contributed by atoms with E-state index in [4.69, 9.17) is 4.74 Å². The van der Waals surface area contributed by atoms with Gasteiger partial charge in [-0.1, -0.05) is 0 Å². The van der Waals surface area contributed by atoms with Crippen LogP contribution in [-0.4, -0.2) is 59.1 Å². The Bertz CT molecular complexity index is 665. The van der Waals surface area contributed by atoms with Gasteiger partial charge in [-0.25, -0.2) is 0 Å². The molecule has 1 aliphatic heterocycles. The van der Waals surface area contributed by atoms with Crippen molar-refractivity contribution in [2.24, 2.45) is 0 Å². The van der Waals surface area contributed by atoms with Crippen molar-refractivity contribution in [1.82, 2.24) is 25.1 Å². The maximum Gasteiger partial charge on any atom is 0.220 e. The molecule has 1 N–H and O–H groups in total. The van der Waals surface area contributed by atoms with Gasteiger partial charge in [0.1, 0.15) is 5.82 Å². The molecule has 8 nitrogen and oxygen atoms in total. The predicted molar refractivity (Wildman–Crippen MR) is 85.4 cm³/mol. The van der Waals surface area contributed by atoms with Crippen LogP contribution < -0.4 is 10.2 Å². The van der Waals surface area contributed by atoms with Crippen LogP contribution in [0.2, 0.25) is 0 Å². The molecule has 0 aliphatic carbocycles. The van der Waals surface area contributed by atoms with Crippen LogP contribution in [0.5, 0.6) is 0 Å². The first-order valence-corrected chi connectivity index (χ1v) is 8.00. The minimum atomic E-state index is -0.0190. The van der Waals surface area contributed by atoms with Gasteiger partial charge in [0.05, 0.1) is 6.61 Å². The smallest absolute Gasteiger partial charge is 0.220 e. The third-order valence-electron chi connectivity index (χ3n) is 3.95. The molecule has 3 heterocycles. The van der Waals surface area contributed by atoms with E-state index in [0.29, 0.717) is 37.5 Å². The van der Waals surface area contributed by atoms with Crippen LogP contribution in [0.4, 0.5) is 5.82 Å². The summed E-state index contributed by atoms with van der Waals surface area (Å²) in [4.78, 5) is 14.0. The van der Waals surface area contributed by atoms with Crippen LogP contribution in [0.3, 0.4) is 0 Å². The zero-order valence-corrected chi connectivity index (χ0v) is 13.4. The molecule has 0 radical (unpaired) electrons. The van der Waals surface area contributed by atoms with Crippen molar-refractivity contribution >= 4 is 17.4 Å². The number of carbonyl (C=O) groups is 1. The van der Waals surface area contributed by atoms with Gasteiger partial charge >= 0.3 is 0 Å². The van der Waals surface area contributed by atoms with E-state index < -0.39 is 0 Å². The monoisotopic (exact) mass is 318 g/mol. The fourth-order valence-electron chi connectivity index (χ4n) is 2.70. The van der Waals surface area contributed by atoms with E-state index >= 15 is 0 Å². The molecule has 0 spiro atoms. The van der Waals surface area contributed by atoms with Crippen molar-refractivity contribution < 1.29 is 9.53 Å². The van der Waals surface area contributed by atoms with Crippen molar-refractivity contribution in [3.63, 3.8) is 0 Å². The number of aryl methyl sites for hydroxylation is 1. The number of rotatable bonds is 7. The van der Waals surface area contributed by atoms with Crippen LogP contribution in [-0.2, 0) is 16.0 Å². The van der Waals surface area contributed by atoms with E-state index in [0.717, 1.165) is 18.9 Å². The molecule has 0 atom stereocenters. The van der Waals surface area contributed by atoms with E-state index in [9.17, 15) is 4.79 Å². The van der Waals surface area contributed by atoms with Crippen molar-refractivity contribution in [3.8, 4) is 0 Å². The Balaban J connectivity index is 1.66. The van der Waals surface area contributed by atoms with Crippen molar-refractivity contribution in [2.45, 2.75) is 25.7 Å². The number of carbonyl (C=O) groups excluding carboxylic acids is 1. The summed E-state index contributed by atoms with van der Waals surface area (Å²) < 4.78 is 6.65. The Labute approximate surface area is 134 Å². The second-order valence-electron chi connectivity index (χ2n) is 5.61. The van der Waals surface area contributed by atoms with E-state index in [2.05, 4.69) is 25.5 Å². The van der Waals surface area contributed by atoms with Gasteiger partial charge in [-0.05, 0) is 25.0 Å². The first-order valence-electron chi connectivity index (χ1n) is 8.00. The van der Waals surface area contributed by atoms with Gasteiger partial charge in [-0.2, -0.15) is 4.52 Å². The van der Waals surface area contributed by atoms with Gasteiger partial charge in [-0.15, -0.1) is 15.3 Å². The number of hydrogen-bond acceptors (Lipinski definition) is 6. The number of fused-ring (bicyclic) bond motifs is 1. The van der Waals surface area contributed by atoms with E-state index in [1.165, 1.54) is 12.8 Å². The minimum Gasteiger partial charge on any atom is -0.383 e. The molecule has 3 rings (SSSR count). The van der Waals surface area contributed by atoms with E-state index in [1.54, 1.807) is 11.6 Å². The molecule has 0 unspecified atom stereocenters. The van der Waals surface area contributed by atoms with Gasteiger partial charge < -0.3 is 15.0 Å². The summed E-state index contributed by atoms with van der Waals surface area (Å²) in [6, 6.07) is 3.91. The molecule has 1 aliphatic rings. The van der Waals surface area contributed by atoms with Crippen LogP contribution in [0, 0.1) is 0 Å². The fourth-order valence-corrected chi connectivity index (χ4v) is 2.70. The number of ether oxygens (including phenoxy) is 1. The lowest BCUT2D eigenvalue weighted by atomic mass is 10.3. The first-order chi connectivity index (χ1) is 11.3. The molecule has 124 valence electrons. The van der Waals surface area contributed by atoms with Gasteiger partial charge in [0, 0.05) is 39.6 Å². The average Bonchev–Trinajstić information content (AvgIpc) is 3.22. The Hall–Kier alpha value is -2.22. The maximum absolute atomic E-state index is 11.8. The Morgan fingerprint density at radius 3 is 2.91 bits per heavy atom. The molecule has 8 heteroatoms. The number of methoxy groups -OCH3 is 1. The number of hydrogen-bond donors (Lipinski definition) is 1. The standard InChI is InChI=1S/C15H22N6O2/c1-23-11-8-16-15(22)7-6-13-18-17-12-4-5-14(19-21(12)13)20-9-2-3-10-20/h4-5H,2-3,6-11H2,1H3,(H,16,22). The molecule has 0 bridgehead atoms. The lowest BCUT2D eigenvalue weighted by Crippen LogP contribution is -2.27. The van der Waals surface area contributed by atoms with Crippen LogP contribution in [0.1, 0.15) is 25.1 Å². The zero-order valence-electron chi connectivity index (χ0n) is 13.4. The molecular weight excluding hydrogens is 296 g/mol. The highest BCUT2D eigenvalue weighted by molar-refractivity contribution is 5.76. The minimum absolute atomic E-state index is 0.0190. The number of anilines is 1. The van der Waals surface area contributed by atoms with Crippen LogP contribution in [0.15, 0.2) is 12.1 Å². The summed E-state index contributed by atoms with van der Waals surface area (Å²) in [7, 11) is 1.61. The third kappa shape index (κ3) is 3.76.